The standard InChI is InChI=1S/C61H96F4N12O15/c1-10-31(4)46(74-52(83)40(67-9)26-36-20-16-15-17-21-36)55(86)70-41(29-78)53(84)69-38(24-25-45(66)80)51(82)73-48(33(6)12-3)57(88)75-47(32(5)11-2)56(87)71-42(30-79)54(85)76-49-35(8)92-59(90)39(22-18-13-14-19-23-43(62)63)72-60(91)61(28-37(61)27-44(64)65)77-50(81)34(7)68-58(49)89/h15-17,20-21,31-35,37-44,46-49,67,78-79H,10-14,18-19,22-30H2,1-9H3,(H2,66,80)(H,68,89)(H,69,84)(H,70,86)(H,71,87)(H,72,91)(H,73,82)(H,74,83)(H,75,88)(H,76,85)(H,77,81)/t31-,32-,33-,34-,35-,37?,38+,39-,40+,41-,42-,46-,47-,48+,49+,61+/m0/s1. The predicted octanol–water partition coefficient (Wildman–Crippen LogP) is -0.330. The Labute approximate surface area is 533 Å². The monoisotopic (exact) mass is 1310 g/mol. The summed E-state index contributed by atoms with van der Waals surface area (Å²) in [7, 11) is 1.58. The number of nitrogens with one attached hydrogen (secondary N) is 11. The number of carbonyl (C=O) groups is 12. The summed E-state index contributed by atoms with van der Waals surface area (Å²) in [5, 5.41) is 48.6. The van der Waals surface area contributed by atoms with Gasteiger partial charge in [0.15, 0.2) is 0 Å². The Hall–Kier alpha value is -7.54. The Balaban J connectivity index is 1.86. The van der Waals surface area contributed by atoms with E-state index in [1.165, 1.54) is 13.8 Å². The summed E-state index contributed by atoms with van der Waals surface area (Å²) in [5.74, 6) is -14.9. The number of aliphatic hydroxyl groups excluding tert-OH is 2. The van der Waals surface area contributed by atoms with E-state index in [0.29, 0.717) is 19.3 Å². The fourth-order valence-corrected chi connectivity index (χ4v) is 10.3. The van der Waals surface area contributed by atoms with Gasteiger partial charge in [-0.1, -0.05) is 110 Å². The molecule has 2 aliphatic rings. The van der Waals surface area contributed by atoms with Crippen LogP contribution in [-0.2, 0) is 68.7 Å². The fourth-order valence-electron chi connectivity index (χ4n) is 10.3. The second-order valence-corrected chi connectivity index (χ2v) is 24.0. The Kier molecular flexibility index (Phi) is 32.9. The first kappa shape index (κ1) is 78.7. The summed E-state index contributed by atoms with van der Waals surface area (Å²) in [5.41, 5.74) is 4.37. The highest BCUT2D eigenvalue weighted by atomic mass is 19.3. The van der Waals surface area contributed by atoms with Gasteiger partial charge in [-0.25, -0.2) is 22.4 Å². The van der Waals surface area contributed by atoms with Gasteiger partial charge in [0.25, 0.3) is 0 Å². The Bertz CT molecular complexity index is 2670. The maximum atomic E-state index is 14.4. The first-order chi connectivity index (χ1) is 43.4. The van der Waals surface area contributed by atoms with Gasteiger partial charge in [0.05, 0.1) is 19.3 Å². The molecule has 11 amide bonds. The Morgan fingerprint density at radius 2 is 1.12 bits per heavy atom. The summed E-state index contributed by atoms with van der Waals surface area (Å²) in [4.78, 5) is 166. The third-order valence-corrected chi connectivity index (χ3v) is 16.9. The van der Waals surface area contributed by atoms with Crippen LogP contribution >= 0.6 is 0 Å². The lowest BCUT2D eigenvalue weighted by Crippen LogP contribution is -2.63. The van der Waals surface area contributed by atoms with E-state index in [9.17, 15) is 85.3 Å². The summed E-state index contributed by atoms with van der Waals surface area (Å²) < 4.78 is 58.5. The lowest BCUT2D eigenvalue weighted by molar-refractivity contribution is -0.156. The van der Waals surface area contributed by atoms with Gasteiger partial charge in [-0.2, -0.15) is 0 Å². The molecule has 1 heterocycles. The number of nitrogens with two attached hydrogens (primary N) is 1. The zero-order valence-electron chi connectivity index (χ0n) is 53.8. The van der Waals surface area contributed by atoms with E-state index < -0.39 is 212 Å². The average Bonchev–Trinajstić information content (AvgIpc) is 1.58. The van der Waals surface area contributed by atoms with Crippen LogP contribution in [0.15, 0.2) is 30.3 Å². The van der Waals surface area contributed by atoms with E-state index >= 15 is 0 Å². The van der Waals surface area contributed by atoms with Crippen LogP contribution in [0.5, 0.6) is 0 Å². The second kappa shape index (κ2) is 38.5. The molecule has 92 heavy (non-hydrogen) atoms. The van der Waals surface area contributed by atoms with E-state index in [-0.39, 0.29) is 51.4 Å². The van der Waals surface area contributed by atoms with Gasteiger partial charge in [-0.05, 0) is 82.2 Å². The zero-order chi connectivity index (χ0) is 69.2. The first-order valence-corrected chi connectivity index (χ1v) is 31.5. The molecule has 2 fully saturated rings. The third kappa shape index (κ3) is 24.2. The molecule has 1 spiro atoms. The van der Waals surface area contributed by atoms with E-state index in [4.69, 9.17) is 10.5 Å². The van der Waals surface area contributed by atoms with Crippen LogP contribution < -0.4 is 64.2 Å². The number of primary amides is 1. The van der Waals surface area contributed by atoms with Gasteiger partial charge in [-0.3, -0.25) is 52.7 Å². The molecule has 1 aromatic carbocycles. The normalized spacial score (nSPS) is 22.6. The van der Waals surface area contributed by atoms with E-state index in [0.717, 1.165) is 5.56 Å². The molecule has 16 atom stereocenters. The molecule has 1 saturated heterocycles. The second-order valence-electron chi connectivity index (χ2n) is 24.0. The molecule has 1 aliphatic carbocycles. The molecule has 0 bridgehead atoms. The number of halogens is 4. The molecule has 27 nitrogen and oxygen atoms in total. The van der Waals surface area contributed by atoms with Crippen molar-refractivity contribution in [3.8, 4) is 0 Å². The molecule has 0 radical (unpaired) electrons. The highest BCUT2D eigenvalue weighted by Gasteiger charge is 2.62. The van der Waals surface area contributed by atoms with Crippen molar-refractivity contribution < 1.29 is 90.0 Å². The van der Waals surface area contributed by atoms with Gasteiger partial charge in [0.2, 0.25) is 77.8 Å². The number of likely N-dealkylation sites (N-methyl/N-ethyl adjacent to an activating group) is 1. The summed E-state index contributed by atoms with van der Waals surface area (Å²) >= 11 is 0. The van der Waals surface area contributed by atoms with Gasteiger partial charge >= 0.3 is 5.97 Å². The number of carbonyl (C=O) groups excluding carboxylic acids is 12. The fraction of sp³-hybridized carbons (Fsp3) is 0.705. The number of ether oxygens (including phenoxy) is 1. The maximum absolute atomic E-state index is 14.4. The number of hydrogen-bond donors (Lipinski definition) is 14. The van der Waals surface area contributed by atoms with Gasteiger partial charge < -0.3 is 79.2 Å². The van der Waals surface area contributed by atoms with E-state index in [1.54, 1.807) is 48.6 Å². The van der Waals surface area contributed by atoms with Crippen LogP contribution in [0, 0.1) is 23.7 Å². The number of esters is 1. The van der Waals surface area contributed by atoms with Crippen LogP contribution in [0.25, 0.3) is 0 Å². The van der Waals surface area contributed by atoms with Crippen molar-refractivity contribution in [3.63, 3.8) is 0 Å². The number of benzene rings is 1. The molecule has 1 aliphatic heterocycles. The van der Waals surface area contributed by atoms with Gasteiger partial charge in [0, 0.05) is 19.3 Å². The third-order valence-electron chi connectivity index (χ3n) is 16.9. The van der Waals surface area contributed by atoms with Gasteiger partial charge in [0.1, 0.15) is 66.0 Å². The number of aliphatic hydroxyl groups is 2. The topological polar surface area (TPSA) is 413 Å². The van der Waals surface area contributed by atoms with Crippen molar-refractivity contribution >= 4 is 70.9 Å². The quantitative estimate of drug-likeness (QED) is 0.0230. The number of alkyl halides is 4. The predicted molar refractivity (Wildman–Crippen MR) is 326 cm³/mol. The highest BCUT2D eigenvalue weighted by Crippen LogP contribution is 2.47. The van der Waals surface area contributed by atoms with Crippen molar-refractivity contribution in [2.75, 3.05) is 20.3 Å². The van der Waals surface area contributed by atoms with Crippen molar-refractivity contribution in [2.24, 2.45) is 29.4 Å². The van der Waals surface area contributed by atoms with Crippen molar-refractivity contribution in [2.45, 2.75) is 230 Å². The highest BCUT2D eigenvalue weighted by molar-refractivity contribution is 6.01. The lowest BCUT2D eigenvalue weighted by atomic mass is 9.94. The number of unbranched alkanes of at least 4 members (excludes halogenated alkanes) is 3. The molecule has 3 rings (SSSR count). The molecule has 15 N–H and O–H groups in total. The Morgan fingerprint density at radius 3 is 1.62 bits per heavy atom. The summed E-state index contributed by atoms with van der Waals surface area (Å²) in [6, 6.07) is -6.04. The number of cyclic esters (lactones) is 1. The molecule has 1 aromatic rings. The van der Waals surface area contributed by atoms with Crippen LogP contribution in [0.1, 0.15) is 144 Å². The Morgan fingerprint density at radius 1 is 0.630 bits per heavy atom. The number of amides is 11. The molecular weight excluding hydrogens is 1220 g/mol. The maximum Gasteiger partial charge on any atom is 0.328 e. The summed E-state index contributed by atoms with van der Waals surface area (Å²) in [6.07, 6.45) is -7.45. The number of rotatable bonds is 37. The van der Waals surface area contributed by atoms with E-state index in [2.05, 4.69) is 58.5 Å². The van der Waals surface area contributed by atoms with Crippen LogP contribution in [0.3, 0.4) is 0 Å². The molecule has 518 valence electrons. The molecule has 31 heteroatoms. The average molecular weight is 1310 g/mol. The minimum atomic E-state index is -2.88. The van der Waals surface area contributed by atoms with Crippen molar-refractivity contribution in [1.82, 2.24) is 58.5 Å². The smallest absolute Gasteiger partial charge is 0.328 e. The largest absolute Gasteiger partial charge is 0.458 e. The van der Waals surface area contributed by atoms with Crippen LogP contribution in [0.2, 0.25) is 0 Å². The van der Waals surface area contributed by atoms with E-state index in [1.807, 2.05) is 30.3 Å². The first-order valence-electron chi connectivity index (χ1n) is 31.5. The van der Waals surface area contributed by atoms with Crippen molar-refractivity contribution in [1.29, 1.82) is 0 Å². The zero-order valence-corrected chi connectivity index (χ0v) is 53.8. The lowest BCUT2D eigenvalue weighted by Gasteiger charge is -2.31. The minimum Gasteiger partial charge on any atom is -0.458 e. The molecule has 1 unspecified atom stereocenters. The van der Waals surface area contributed by atoms with Crippen LogP contribution in [-0.4, -0.2) is 186 Å². The number of hydrogen-bond acceptors (Lipinski definition) is 16. The summed E-state index contributed by atoms with van der Waals surface area (Å²) in [6.45, 7) is 10.2. The molecular formula is C61H96F4N12O15. The van der Waals surface area contributed by atoms with Gasteiger partial charge in [-0.15, -0.1) is 0 Å². The van der Waals surface area contributed by atoms with Crippen molar-refractivity contribution in [3.05, 3.63) is 35.9 Å². The SMILES string of the molecule is CC[C@H](C)[C@H](NC(=O)[C@@H](Cc1ccccc1)NC)C(=O)N[C@@H](CO)C(=O)N[C@H](CCC(N)=O)C(=O)N[C@@H](C(=O)N[C@H](C(=O)N[C@@H](CO)C(=O)N[C@H]1C(=O)N[C@@H](C)C(=O)N[C@@]2(CC2CC(F)F)C(=O)N[C@@H](CCCCCCC(F)F)C(=O)O[C@H]1C)[C@@H](C)CC)[C@@H](C)CC. The van der Waals surface area contributed by atoms with Crippen LogP contribution in [0.4, 0.5) is 17.6 Å². The molecule has 0 aromatic heterocycles. The minimum absolute atomic E-state index is 0.156. The molecule has 1 saturated carbocycles.